The summed E-state index contributed by atoms with van der Waals surface area (Å²) in [6, 6.07) is 0. The number of halogens is 1. The number of hydrogen-bond donors (Lipinski definition) is 0. The molecule has 0 nitrogen and oxygen atoms in total. The van der Waals surface area contributed by atoms with Crippen molar-refractivity contribution < 1.29 is 17.0 Å². The van der Waals surface area contributed by atoms with Crippen LogP contribution in [0.5, 0.6) is 0 Å². The van der Waals surface area contributed by atoms with Crippen LogP contribution in [-0.2, 0) is 0 Å². The normalized spacial score (nSPS) is 8.75. The maximum absolute atomic E-state index is 5.16. The van der Waals surface area contributed by atoms with Gasteiger partial charge in [-0.1, -0.05) is 39.0 Å². The first-order chi connectivity index (χ1) is 4.91. The Morgan fingerprint density at radius 2 is 1.83 bits per heavy atom. The van der Waals surface area contributed by atoms with Crippen molar-refractivity contribution in [3.05, 3.63) is 24.8 Å². The average Bonchev–Trinajstić information content (AvgIpc) is 1.97. The molecule has 0 radical (unpaired) electrons. The van der Waals surface area contributed by atoms with Gasteiger partial charge < -0.3 is 17.0 Å². The molecule has 0 amide bonds. The molecule has 0 aromatic carbocycles. The van der Waals surface area contributed by atoms with E-state index >= 15 is 0 Å². The molecule has 2 heteroatoms. The third-order valence-electron chi connectivity index (χ3n) is 1.47. The molecule has 0 heterocycles. The van der Waals surface area contributed by atoms with Crippen molar-refractivity contribution in [2.75, 3.05) is 0 Å². The molecule has 0 N–H and O–H groups in total. The Bertz CT molecular complexity index is 100. The quantitative estimate of drug-likeness (QED) is 0.268. The van der Waals surface area contributed by atoms with Gasteiger partial charge in [0.15, 0.2) is 0 Å². The van der Waals surface area contributed by atoms with E-state index in [0.29, 0.717) is 0 Å². The fraction of sp³-hybridized carbons (Fsp3) is 0.600. The van der Waals surface area contributed by atoms with Crippen LogP contribution in [0.1, 0.15) is 39.0 Å². The van der Waals surface area contributed by atoms with Crippen LogP contribution < -0.4 is 17.0 Å². The fourth-order valence-corrected chi connectivity index (χ4v) is 0.864. The number of unbranched alkanes of at least 4 members (excludes halogenated alkanes) is 4. The minimum atomic E-state index is 0. The summed E-state index contributed by atoms with van der Waals surface area (Å²) in [5.74, 6) is 0. The third-order valence-corrected chi connectivity index (χ3v) is 1.47. The number of rotatable bonds is 6. The smallest absolute Gasteiger partial charge is 1.00 e. The Balaban J connectivity index is -0.000000405. The van der Waals surface area contributed by atoms with Crippen LogP contribution in [0, 0.1) is 6.58 Å². The summed E-state index contributed by atoms with van der Waals surface area (Å²) in [6.45, 7) is 7.38. The van der Waals surface area contributed by atoms with Gasteiger partial charge in [-0.2, -0.15) is 6.08 Å². The van der Waals surface area contributed by atoms with E-state index in [2.05, 4.69) is 13.0 Å². The molecule has 0 spiro atoms. The van der Waals surface area contributed by atoms with Gasteiger partial charge >= 0.3 is 23.1 Å². The van der Waals surface area contributed by atoms with Gasteiger partial charge in [-0.3, -0.25) is 6.58 Å². The predicted octanol–water partition coefficient (Wildman–Crippen LogP) is 0.125. The zero-order chi connectivity index (χ0) is 7.66. The van der Waals surface area contributed by atoms with Crippen molar-refractivity contribution in [3.8, 4) is 0 Å². The van der Waals surface area contributed by atoms with Crippen molar-refractivity contribution in [1.29, 1.82) is 0 Å². The average molecular weight is 241 g/mol. The minimum Gasteiger partial charge on any atom is -1.00 e. The first-order valence-electron chi connectivity index (χ1n) is 4.12. The molecule has 0 rings (SSSR count). The van der Waals surface area contributed by atoms with Crippen LogP contribution in [0.3, 0.4) is 0 Å². The molecule has 0 saturated carbocycles. The molecule has 0 aromatic heterocycles. The van der Waals surface area contributed by atoms with E-state index in [0.717, 1.165) is 0 Å². The first kappa shape index (κ1) is 18.5. The fourth-order valence-electron chi connectivity index (χ4n) is 0.864. The maximum Gasteiger partial charge on any atom is 2.00 e. The van der Waals surface area contributed by atoms with Crippen LogP contribution in [0.15, 0.2) is 18.2 Å². The number of allylic oxidation sites excluding steroid dienone is 3. The third kappa shape index (κ3) is 17.0. The summed E-state index contributed by atoms with van der Waals surface area (Å²) in [5, 5.41) is 0. The zero-order valence-corrected chi connectivity index (χ0v) is 10.9. The maximum atomic E-state index is 5.16. The van der Waals surface area contributed by atoms with E-state index in [1.54, 1.807) is 6.08 Å². The Morgan fingerprint density at radius 1 is 1.17 bits per heavy atom. The zero-order valence-electron chi connectivity index (χ0n) is 7.93. The van der Waals surface area contributed by atoms with Crippen LogP contribution in [-0.4, -0.2) is 23.1 Å². The van der Waals surface area contributed by atoms with Crippen LogP contribution >= 0.6 is 0 Å². The summed E-state index contributed by atoms with van der Waals surface area (Å²) in [4.78, 5) is 0. The van der Waals surface area contributed by atoms with Crippen LogP contribution in [0.4, 0.5) is 0 Å². The Morgan fingerprint density at radius 3 is 2.33 bits per heavy atom. The van der Waals surface area contributed by atoms with Gasteiger partial charge in [0.1, 0.15) is 0 Å². The molecule has 0 unspecified atom stereocenters. The van der Waals surface area contributed by atoms with E-state index < -0.39 is 0 Å². The number of hydrogen-bond acceptors (Lipinski definition) is 0. The van der Waals surface area contributed by atoms with Gasteiger partial charge in [0.05, 0.1) is 0 Å². The molecule has 12 heavy (non-hydrogen) atoms. The van der Waals surface area contributed by atoms with Crippen molar-refractivity contribution in [2.24, 2.45) is 0 Å². The first-order valence-corrected chi connectivity index (χ1v) is 4.12. The molecule has 0 saturated heterocycles. The van der Waals surface area contributed by atoms with E-state index in [1.165, 1.54) is 32.1 Å². The minimum absolute atomic E-state index is 0. The molecule has 0 aliphatic heterocycles. The monoisotopic (exact) mass is 240 g/mol. The second-order valence-electron chi connectivity index (χ2n) is 2.47. The van der Waals surface area contributed by atoms with E-state index in [1.807, 2.05) is 6.08 Å². The molecule has 0 fully saturated rings. The summed E-state index contributed by atoms with van der Waals surface area (Å²) in [6.07, 6.45) is 12.1. The molecule has 0 aliphatic carbocycles. The van der Waals surface area contributed by atoms with Gasteiger partial charge in [-0.05, 0) is 0 Å². The molecule has 66 valence electrons. The van der Waals surface area contributed by atoms with Gasteiger partial charge in [0.25, 0.3) is 0 Å². The van der Waals surface area contributed by atoms with E-state index in [4.69, 9.17) is 6.58 Å². The Hall–Kier alpha value is 0.726. The SMILES string of the molecule is [Br-].[CH-]=C/C=C/CCCCCC.[Mg+2]. The van der Waals surface area contributed by atoms with Crippen LogP contribution in [0.25, 0.3) is 0 Å². The summed E-state index contributed by atoms with van der Waals surface area (Å²) < 4.78 is 0. The summed E-state index contributed by atoms with van der Waals surface area (Å²) in [5.41, 5.74) is 0. The summed E-state index contributed by atoms with van der Waals surface area (Å²) in [7, 11) is 0. The molecular formula is C10H17BrMg. The molecule has 0 bridgehead atoms. The van der Waals surface area contributed by atoms with Crippen LogP contribution in [0.2, 0.25) is 0 Å². The largest absolute Gasteiger partial charge is 2.00 e. The second kappa shape index (κ2) is 17.7. The molecule has 0 atom stereocenters. The summed E-state index contributed by atoms with van der Waals surface area (Å²) >= 11 is 0. The van der Waals surface area contributed by atoms with Gasteiger partial charge in [-0.15, -0.1) is 0 Å². The topological polar surface area (TPSA) is 0 Å². The predicted molar refractivity (Wildman–Crippen MR) is 52.5 cm³/mol. The second-order valence-corrected chi connectivity index (χ2v) is 2.47. The van der Waals surface area contributed by atoms with Gasteiger partial charge in [0.2, 0.25) is 0 Å². The van der Waals surface area contributed by atoms with Crippen molar-refractivity contribution in [1.82, 2.24) is 0 Å². The molecule has 0 aromatic rings. The van der Waals surface area contributed by atoms with Crippen molar-refractivity contribution in [2.45, 2.75) is 39.0 Å². The molecule has 0 aliphatic rings. The standard InChI is InChI=1S/C10H17.BrH.Mg/c1-3-5-7-9-10-8-6-4-2;;/h1,3,5,7H,4,6,8-10H2,2H3;1H;/q-1;;+2/p-1/b7-5+;;. The van der Waals surface area contributed by atoms with Gasteiger partial charge in [-0.25, -0.2) is 12.2 Å². The molecular weight excluding hydrogens is 224 g/mol. The van der Waals surface area contributed by atoms with Crippen molar-refractivity contribution >= 4 is 23.1 Å². The van der Waals surface area contributed by atoms with Crippen molar-refractivity contribution in [3.63, 3.8) is 0 Å². The van der Waals surface area contributed by atoms with E-state index in [9.17, 15) is 0 Å². The van der Waals surface area contributed by atoms with Gasteiger partial charge in [0, 0.05) is 0 Å². The Kier molecular flexibility index (Phi) is 27.3. The Labute approximate surface area is 103 Å². The van der Waals surface area contributed by atoms with E-state index in [-0.39, 0.29) is 40.0 Å².